The Labute approximate surface area is 168 Å². The fourth-order valence-electron chi connectivity index (χ4n) is 2.97. The highest BCUT2D eigenvalue weighted by Crippen LogP contribution is 2.28. The minimum absolute atomic E-state index is 0.0995. The Morgan fingerprint density at radius 1 is 1.17 bits per heavy atom. The van der Waals surface area contributed by atoms with Crippen LogP contribution in [0.1, 0.15) is 20.3 Å². The molecule has 8 nitrogen and oxygen atoms in total. The largest absolute Gasteiger partial charge is 0.493 e. The molecule has 2 N–H and O–H groups in total. The van der Waals surface area contributed by atoms with Gasteiger partial charge < -0.3 is 19.9 Å². The van der Waals surface area contributed by atoms with Crippen LogP contribution in [0.25, 0.3) is 0 Å². The first-order chi connectivity index (χ1) is 13.8. The number of halogens is 2. The van der Waals surface area contributed by atoms with Gasteiger partial charge in [-0.2, -0.15) is 4.39 Å². The molecule has 10 heteroatoms. The number of hydrogen-bond donors (Lipinski definition) is 2. The molecular weight excluding hydrogens is 386 g/mol. The molecule has 1 aromatic carbocycles. The van der Waals surface area contributed by atoms with Gasteiger partial charge in [0.05, 0.1) is 13.0 Å². The summed E-state index contributed by atoms with van der Waals surface area (Å²) in [7, 11) is 1.27. The molecule has 1 atom stereocenters. The van der Waals surface area contributed by atoms with Crippen molar-refractivity contribution in [3.8, 4) is 5.75 Å². The number of nitrogens with one attached hydrogen (secondary N) is 2. The van der Waals surface area contributed by atoms with E-state index in [0.717, 1.165) is 6.07 Å². The van der Waals surface area contributed by atoms with E-state index in [1.807, 2.05) is 4.90 Å². The Bertz CT molecular complexity index is 767. The Hall–Kier alpha value is -2.91. The molecule has 1 aliphatic rings. The van der Waals surface area contributed by atoms with Crippen molar-refractivity contribution in [2.24, 2.45) is 5.92 Å². The van der Waals surface area contributed by atoms with Crippen LogP contribution < -0.4 is 20.3 Å². The van der Waals surface area contributed by atoms with Crippen LogP contribution in [0, 0.1) is 17.6 Å². The van der Waals surface area contributed by atoms with Crippen LogP contribution in [0.3, 0.4) is 0 Å². The smallest absolute Gasteiger partial charge is 0.321 e. The van der Waals surface area contributed by atoms with Crippen molar-refractivity contribution >= 4 is 23.5 Å². The zero-order valence-electron chi connectivity index (χ0n) is 16.8. The van der Waals surface area contributed by atoms with Crippen molar-refractivity contribution in [3.63, 3.8) is 0 Å². The second-order valence-electron chi connectivity index (χ2n) is 6.77. The van der Waals surface area contributed by atoms with Crippen molar-refractivity contribution in [3.05, 3.63) is 23.8 Å². The number of hydrogen-bond acceptors (Lipinski definition) is 5. The number of carbonyl (C=O) groups excluding carboxylic acids is 3. The van der Waals surface area contributed by atoms with Gasteiger partial charge in [0.25, 0.3) is 0 Å². The van der Waals surface area contributed by atoms with Crippen LogP contribution in [-0.4, -0.2) is 62.6 Å². The summed E-state index contributed by atoms with van der Waals surface area (Å²) in [6, 6.07) is 1.91. The Balaban J connectivity index is 1.87. The normalized spacial score (nSPS) is 14.9. The number of ether oxygens (including phenoxy) is 1. The van der Waals surface area contributed by atoms with Crippen LogP contribution in [0.15, 0.2) is 12.1 Å². The van der Waals surface area contributed by atoms with Gasteiger partial charge in [0.1, 0.15) is 0 Å². The molecule has 4 amide bonds. The standard InChI is InChI=1S/C19H26F2N4O4/c1-4-16(26)23-19(28)22-11-12(2)18(27)25-7-5-24(6-8-25)13-9-14(20)17(21)15(10-13)29-3/h9-10,12H,4-8,11H2,1-3H3,(H2,22,23,26,28). The maximum Gasteiger partial charge on any atom is 0.321 e. The summed E-state index contributed by atoms with van der Waals surface area (Å²) < 4.78 is 32.2. The highest BCUT2D eigenvalue weighted by molar-refractivity contribution is 5.94. The van der Waals surface area contributed by atoms with E-state index < -0.39 is 29.5 Å². The molecule has 0 radical (unpaired) electrons. The molecule has 1 heterocycles. The minimum Gasteiger partial charge on any atom is -0.493 e. The Kier molecular flexibility index (Phi) is 7.74. The molecule has 1 saturated heterocycles. The molecular formula is C19H26F2N4O4. The number of nitrogens with zero attached hydrogens (tertiary/aromatic N) is 2. The van der Waals surface area contributed by atoms with Gasteiger partial charge in [-0.1, -0.05) is 13.8 Å². The third-order valence-electron chi connectivity index (χ3n) is 4.72. The zero-order chi connectivity index (χ0) is 21.6. The molecule has 0 spiro atoms. The van der Waals surface area contributed by atoms with Gasteiger partial charge in [0, 0.05) is 57.0 Å². The quantitative estimate of drug-likeness (QED) is 0.739. The van der Waals surface area contributed by atoms with Crippen LogP contribution >= 0.6 is 0 Å². The van der Waals surface area contributed by atoms with Crippen molar-refractivity contribution in [2.45, 2.75) is 20.3 Å². The predicted octanol–water partition coefficient (Wildman–Crippen LogP) is 1.49. The molecule has 0 saturated carbocycles. The molecule has 1 aromatic rings. The van der Waals surface area contributed by atoms with Crippen LogP contribution in [0.2, 0.25) is 0 Å². The number of urea groups is 1. The average molecular weight is 412 g/mol. The third kappa shape index (κ3) is 5.78. The second-order valence-corrected chi connectivity index (χ2v) is 6.77. The maximum atomic E-state index is 13.7. The highest BCUT2D eigenvalue weighted by Gasteiger charge is 2.26. The van der Waals surface area contributed by atoms with E-state index in [-0.39, 0.29) is 24.6 Å². The van der Waals surface area contributed by atoms with Gasteiger partial charge in [-0.3, -0.25) is 14.9 Å². The summed E-state index contributed by atoms with van der Waals surface area (Å²) in [5.74, 6) is -3.18. The topological polar surface area (TPSA) is 91.0 Å². The van der Waals surface area contributed by atoms with Gasteiger partial charge in [0.15, 0.2) is 11.6 Å². The third-order valence-corrected chi connectivity index (χ3v) is 4.72. The van der Waals surface area contributed by atoms with E-state index in [9.17, 15) is 23.2 Å². The number of methoxy groups -OCH3 is 1. The van der Waals surface area contributed by atoms with E-state index in [0.29, 0.717) is 31.9 Å². The number of anilines is 1. The summed E-state index contributed by atoms with van der Waals surface area (Å²) in [6.45, 7) is 5.14. The molecule has 29 heavy (non-hydrogen) atoms. The predicted molar refractivity (Wildman–Crippen MR) is 103 cm³/mol. The summed E-state index contributed by atoms with van der Waals surface area (Å²) in [5.41, 5.74) is 0.486. The van der Waals surface area contributed by atoms with Crippen LogP contribution in [0.5, 0.6) is 5.75 Å². The molecule has 2 rings (SSSR count). The molecule has 0 aromatic heterocycles. The number of amides is 4. The van der Waals surface area contributed by atoms with Gasteiger partial charge in [-0.25, -0.2) is 9.18 Å². The minimum atomic E-state index is -1.03. The number of carbonyl (C=O) groups is 3. The molecule has 1 aliphatic heterocycles. The number of imide groups is 1. The second kappa shape index (κ2) is 10.0. The van der Waals surface area contributed by atoms with Crippen molar-refractivity contribution < 1.29 is 27.9 Å². The van der Waals surface area contributed by atoms with Gasteiger partial charge in [-0.15, -0.1) is 0 Å². The first-order valence-electron chi connectivity index (χ1n) is 9.41. The first-order valence-corrected chi connectivity index (χ1v) is 9.41. The lowest BCUT2D eigenvalue weighted by atomic mass is 10.1. The van der Waals surface area contributed by atoms with Gasteiger partial charge in [-0.05, 0) is 0 Å². The number of piperazine rings is 1. The van der Waals surface area contributed by atoms with E-state index in [1.165, 1.54) is 13.2 Å². The van der Waals surface area contributed by atoms with E-state index >= 15 is 0 Å². The zero-order valence-corrected chi connectivity index (χ0v) is 16.8. The summed E-state index contributed by atoms with van der Waals surface area (Å²) in [6.07, 6.45) is 0.190. The van der Waals surface area contributed by atoms with Crippen molar-refractivity contribution in [2.75, 3.05) is 44.7 Å². The molecule has 0 aliphatic carbocycles. The van der Waals surface area contributed by atoms with E-state index in [2.05, 4.69) is 10.6 Å². The van der Waals surface area contributed by atoms with E-state index in [4.69, 9.17) is 4.74 Å². The summed E-state index contributed by atoms with van der Waals surface area (Å²) in [4.78, 5) is 38.8. The lowest BCUT2D eigenvalue weighted by Gasteiger charge is -2.37. The molecule has 0 bridgehead atoms. The summed E-state index contributed by atoms with van der Waals surface area (Å²) >= 11 is 0. The SMILES string of the molecule is CCC(=O)NC(=O)NCC(C)C(=O)N1CCN(c2cc(F)c(F)c(OC)c2)CC1. The van der Waals surface area contributed by atoms with Crippen LogP contribution in [0.4, 0.5) is 19.3 Å². The van der Waals surface area contributed by atoms with Crippen molar-refractivity contribution in [1.29, 1.82) is 0 Å². The van der Waals surface area contributed by atoms with Crippen LogP contribution in [-0.2, 0) is 9.59 Å². The van der Waals surface area contributed by atoms with Crippen molar-refractivity contribution in [1.82, 2.24) is 15.5 Å². The molecule has 1 fully saturated rings. The Morgan fingerprint density at radius 3 is 2.41 bits per heavy atom. The fourth-order valence-corrected chi connectivity index (χ4v) is 2.97. The first kappa shape index (κ1) is 22.4. The molecule has 1 unspecified atom stereocenters. The van der Waals surface area contributed by atoms with E-state index in [1.54, 1.807) is 18.7 Å². The average Bonchev–Trinajstić information content (AvgIpc) is 2.73. The summed E-state index contributed by atoms with van der Waals surface area (Å²) in [5, 5.41) is 4.66. The highest BCUT2D eigenvalue weighted by atomic mass is 19.2. The molecule has 160 valence electrons. The number of benzene rings is 1. The Morgan fingerprint density at radius 2 is 1.83 bits per heavy atom. The fraction of sp³-hybridized carbons (Fsp3) is 0.526. The monoisotopic (exact) mass is 412 g/mol. The maximum absolute atomic E-state index is 13.7. The van der Waals surface area contributed by atoms with Gasteiger partial charge in [0.2, 0.25) is 17.6 Å². The number of rotatable bonds is 6. The van der Waals surface area contributed by atoms with Gasteiger partial charge >= 0.3 is 6.03 Å². The lowest BCUT2D eigenvalue weighted by Crippen LogP contribution is -2.51. The lowest BCUT2D eigenvalue weighted by molar-refractivity contribution is -0.135.